The van der Waals surface area contributed by atoms with Gasteiger partial charge in [0.2, 0.25) is 0 Å². The van der Waals surface area contributed by atoms with Crippen LogP contribution >= 0.6 is 0 Å². The lowest BCUT2D eigenvalue weighted by Crippen LogP contribution is -1.97. The van der Waals surface area contributed by atoms with Crippen molar-refractivity contribution >= 4 is 6.29 Å². The molecule has 2 aromatic rings. The van der Waals surface area contributed by atoms with E-state index >= 15 is 0 Å². The molecule has 0 amide bonds. The van der Waals surface area contributed by atoms with E-state index in [1.165, 1.54) is 0 Å². The van der Waals surface area contributed by atoms with E-state index in [0.29, 0.717) is 5.69 Å². The Balaban J connectivity index is 2.62. The lowest BCUT2D eigenvalue weighted by molar-refractivity contribution is 0.112. The third-order valence-electron chi connectivity index (χ3n) is 3.39. The van der Waals surface area contributed by atoms with Crippen LogP contribution in [-0.2, 0) is 13.5 Å². The molecule has 0 aliphatic rings. The van der Waals surface area contributed by atoms with E-state index in [1.807, 2.05) is 30.7 Å². The summed E-state index contributed by atoms with van der Waals surface area (Å²) in [4.78, 5) is 15.4. The lowest BCUT2D eigenvalue weighted by atomic mass is 10.0. The van der Waals surface area contributed by atoms with Gasteiger partial charge in [-0.15, -0.1) is 0 Å². The smallest absolute Gasteiger partial charge is 0.170 e. The highest BCUT2D eigenvalue weighted by molar-refractivity contribution is 5.84. The quantitative estimate of drug-likeness (QED) is 0.792. The molecule has 0 spiro atoms. The number of aryl methyl sites for hydroxylation is 2. The maximum absolute atomic E-state index is 11.1. The number of benzene rings is 1. The summed E-state index contributed by atoms with van der Waals surface area (Å²) >= 11 is 0. The summed E-state index contributed by atoms with van der Waals surface area (Å²) in [5, 5.41) is 0. The number of nitrogens with zero attached hydrogens (tertiary/aromatic N) is 2. The van der Waals surface area contributed by atoms with Gasteiger partial charge < -0.3 is 9.30 Å². The number of ether oxygens (including phenoxy) is 1. The van der Waals surface area contributed by atoms with Crippen molar-refractivity contribution in [3.05, 3.63) is 35.3 Å². The average molecular weight is 258 g/mol. The van der Waals surface area contributed by atoms with Gasteiger partial charge in [0.25, 0.3) is 0 Å². The molecular weight excluding hydrogens is 240 g/mol. The molecule has 0 saturated carbocycles. The summed E-state index contributed by atoms with van der Waals surface area (Å²) in [5.41, 5.74) is 3.44. The molecule has 2 rings (SSSR count). The number of imidazole rings is 1. The molecule has 0 N–H and O–H groups in total. The van der Waals surface area contributed by atoms with Crippen molar-refractivity contribution in [1.82, 2.24) is 9.55 Å². The first kappa shape index (κ1) is 13.3. The molecule has 1 heterocycles. The fraction of sp³-hybridized carbons (Fsp3) is 0.333. The average Bonchev–Trinajstić information content (AvgIpc) is 2.73. The topological polar surface area (TPSA) is 44.1 Å². The van der Waals surface area contributed by atoms with Crippen molar-refractivity contribution in [2.75, 3.05) is 7.11 Å². The number of hydrogen-bond donors (Lipinski definition) is 0. The van der Waals surface area contributed by atoms with Crippen LogP contribution in [0.3, 0.4) is 0 Å². The van der Waals surface area contributed by atoms with Crippen molar-refractivity contribution < 1.29 is 9.53 Å². The zero-order valence-electron chi connectivity index (χ0n) is 11.7. The third kappa shape index (κ3) is 2.26. The second-order valence-electron chi connectivity index (χ2n) is 4.45. The molecule has 0 fully saturated rings. The monoisotopic (exact) mass is 258 g/mol. The van der Waals surface area contributed by atoms with Gasteiger partial charge in [-0.2, -0.15) is 0 Å². The molecule has 1 aromatic carbocycles. The molecular formula is C15H18N2O2. The Morgan fingerprint density at radius 2 is 2.16 bits per heavy atom. The molecule has 100 valence electrons. The highest BCUT2D eigenvalue weighted by atomic mass is 16.5. The Bertz CT molecular complexity index is 615. The van der Waals surface area contributed by atoms with Gasteiger partial charge in [-0.1, -0.05) is 6.92 Å². The minimum Gasteiger partial charge on any atom is -0.496 e. The largest absolute Gasteiger partial charge is 0.496 e. The second kappa shape index (κ2) is 5.26. The second-order valence-corrected chi connectivity index (χ2v) is 4.45. The van der Waals surface area contributed by atoms with Gasteiger partial charge in [0, 0.05) is 12.6 Å². The van der Waals surface area contributed by atoms with Crippen LogP contribution in [0.4, 0.5) is 0 Å². The predicted molar refractivity (Wildman–Crippen MR) is 74.7 cm³/mol. The number of aromatic nitrogens is 2. The standard InChI is InChI=1S/C15H18N2O2/c1-5-11-8-12(6-7-14(11)19-4)15-13(9-18)16-10(2)17(15)3/h6-9H,5H2,1-4H3. The molecule has 0 bridgehead atoms. The van der Waals surface area contributed by atoms with Crippen LogP contribution in [-0.4, -0.2) is 22.9 Å². The molecule has 0 unspecified atom stereocenters. The van der Waals surface area contributed by atoms with Crippen molar-refractivity contribution in [3.8, 4) is 17.0 Å². The van der Waals surface area contributed by atoms with E-state index in [2.05, 4.69) is 18.0 Å². The van der Waals surface area contributed by atoms with E-state index in [4.69, 9.17) is 4.74 Å². The lowest BCUT2D eigenvalue weighted by Gasteiger charge is -2.10. The third-order valence-corrected chi connectivity index (χ3v) is 3.39. The highest BCUT2D eigenvalue weighted by Crippen LogP contribution is 2.29. The molecule has 4 heteroatoms. The fourth-order valence-corrected chi connectivity index (χ4v) is 2.26. The number of aldehydes is 1. The summed E-state index contributed by atoms with van der Waals surface area (Å²) in [7, 11) is 3.58. The van der Waals surface area contributed by atoms with Gasteiger partial charge in [0.15, 0.2) is 6.29 Å². The maximum atomic E-state index is 11.1. The van der Waals surface area contributed by atoms with Crippen LogP contribution in [0, 0.1) is 6.92 Å². The van der Waals surface area contributed by atoms with Gasteiger partial charge in [0.05, 0.1) is 12.8 Å². The fourth-order valence-electron chi connectivity index (χ4n) is 2.26. The number of methoxy groups -OCH3 is 1. The summed E-state index contributed by atoms with van der Waals surface area (Å²) in [6, 6.07) is 5.95. The normalized spacial score (nSPS) is 10.5. The van der Waals surface area contributed by atoms with Crippen LogP contribution in [0.25, 0.3) is 11.3 Å². The predicted octanol–water partition coefficient (Wildman–Crippen LogP) is 2.78. The highest BCUT2D eigenvalue weighted by Gasteiger charge is 2.15. The van der Waals surface area contributed by atoms with E-state index < -0.39 is 0 Å². The van der Waals surface area contributed by atoms with Crippen molar-refractivity contribution in [3.63, 3.8) is 0 Å². The van der Waals surface area contributed by atoms with E-state index in [0.717, 1.165) is 41.1 Å². The first-order valence-corrected chi connectivity index (χ1v) is 6.28. The molecule has 0 radical (unpaired) electrons. The van der Waals surface area contributed by atoms with Gasteiger partial charge in [0.1, 0.15) is 17.3 Å². The number of rotatable bonds is 4. The minimum absolute atomic E-state index is 0.479. The maximum Gasteiger partial charge on any atom is 0.170 e. The zero-order chi connectivity index (χ0) is 14.0. The Labute approximate surface area is 113 Å². The first-order valence-electron chi connectivity index (χ1n) is 6.28. The van der Waals surface area contributed by atoms with Crippen molar-refractivity contribution in [2.24, 2.45) is 7.05 Å². The van der Waals surface area contributed by atoms with Crippen LogP contribution in [0.1, 0.15) is 28.8 Å². The summed E-state index contributed by atoms with van der Waals surface area (Å²) in [5.74, 6) is 1.70. The molecule has 0 aliphatic heterocycles. The van der Waals surface area contributed by atoms with Crippen molar-refractivity contribution in [2.45, 2.75) is 20.3 Å². The molecule has 0 aliphatic carbocycles. The van der Waals surface area contributed by atoms with E-state index in [-0.39, 0.29) is 0 Å². The molecule has 0 saturated heterocycles. The van der Waals surface area contributed by atoms with Crippen LogP contribution in [0.5, 0.6) is 5.75 Å². The van der Waals surface area contributed by atoms with Crippen LogP contribution < -0.4 is 4.74 Å². The van der Waals surface area contributed by atoms with Gasteiger partial charge in [-0.05, 0) is 37.1 Å². The number of carbonyl (C=O) groups excluding carboxylic acids is 1. The van der Waals surface area contributed by atoms with Gasteiger partial charge in [-0.3, -0.25) is 4.79 Å². The van der Waals surface area contributed by atoms with Gasteiger partial charge >= 0.3 is 0 Å². The number of hydrogen-bond acceptors (Lipinski definition) is 3. The molecule has 19 heavy (non-hydrogen) atoms. The van der Waals surface area contributed by atoms with Crippen molar-refractivity contribution in [1.29, 1.82) is 0 Å². The molecule has 4 nitrogen and oxygen atoms in total. The Kier molecular flexibility index (Phi) is 3.69. The number of carbonyl (C=O) groups is 1. The van der Waals surface area contributed by atoms with Gasteiger partial charge in [-0.25, -0.2) is 4.98 Å². The van der Waals surface area contributed by atoms with E-state index in [9.17, 15) is 4.79 Å². The summed E-state index contributed by atoms with van der Waals surface area (Å²) in [6.07, 6.45) is 1.68. The summed E-state index contributed by atoms with van der Waals surface area (Å²) in [6.45, 7) is 3.97. The zero-order valence-corrected chi connectivity index (χ0v) is 11.7. The molecule has 0 atom stereocenters. The van der Waals surface area contributed by atoms with E-state index in [1.54, 1.807) is 7.11 Å². The minimum atomic E-state index is 0.479. The van der Waals surface area contributed by atoms with Crippen LogP contribution in [0.2, 0.25) is 0 Å². The Hall–Kier alpha value is -2.10. The van der Waals surface area contributed by atoms with Crippen LogP contribution in [0.15, 0.2) is 18.2 Å². The SMILES string of the molecule is CCc1cc(-c2c(C=O)nc(C)n2C)ccc1OC. The molecule has 1 aromatic heterocycles. The Morgan fingerprint density at radius 3 is 2.74 bits per heavy atom. The Morgan fingerprint density at radius 1 is 1.42 bits per heavy atom. The summed E-state index contributed by atoms with van der Waals surface area (Å²) < 4.78 is 7.26. The first-order chi connectivity index (χ1) is 9.12.